The van der Waals surface area contributed by atoms with Crippen molar-refractivity contribution < 1.29 is 24.0 Å². The van der Waals surface area contributed by atoms with Crippen molar-refractivity contribution in [2.45, 2.75) is 26.4 Å². The summed E-state index contributed by atoms with van der Waals surface area (Å²) in [7, 11) is -2.11. The third-order valence-corrected chi connectivity index (χ3v) is 2.54. The fourth-order valence-electron chi connectivity index (χ4n) is 0.714. The van der Waals surface area contributed by atoms with Crippen LogP contribution in [0.1, 0.15) is 20.3 Å². The Kier molecular flexibility index (Phi) is 6.41. The van der Waals surface area contributed by atoms with Gasteiger partial charge in [0.2, 0.25) is 5.78 Å². The summed E-state index contributed by atoms with van der Waals surface area (Å²) in [5.41, 5.74) is 0. The summed E-state index contributed by atoms with van der Waals surface area (Å²) in [6.07, 6.45) is -0.810. The molecule has 6 heteroatoms. The van der Waals surface area contributed by atoms with Gasteiger partial charge < -0.3 is 14.4 Å². The topological polar surface area (TPSA) is 80.7 Å². The first-order valence-electron chi connectivity index (χ1n) is 4.33. The minimum atomic E-state index is -2.11. The molecule has 0 heterocycles. The van der Waals surface area contributed by atoms with Gasteiger partial charge in [0.05, 0.1) is 12.5 Å². The van der Waals surface area contributed by atoms with Crippen molar-refractivity contribution in [2.75, 3.05) is 12.5 Å². The van der Waals surface area contributed by atoms with E-state index in [1.165, 1.54) is 0 Å². The maximum absolute atomic E-state index is 11.0. The van der Waals surface area contributed by atoms with Crippen molar-refractivity contribution in [3.8, 4) is 0 Å². The predicted octanol–water partition coefficient (Wildman–Crippen LogP) is 0.407. The van der Waals surface area contributed by atoms with Gasteiger partial charge in [0.15, 0.2) is 0 Å². The molecule has 0 aliphatic carbocycles. The van der Waals surface area contributed by atoms with E-state index in [4.69, 9.17) is 5.11 Å². The van der Waals surface area contributed by atoms with Crippen molar-refractivity contribution in [3.05, 3.63) is 0 Å². The van der Waals surface area contributed by atoms with E-state index in [0.717, 1.165) is 0 Å². The van der Waals surface area contributed by atoms with Crippen LogP contribution < -0.4 is 0 Å². The third-order valence-electron chi connectivity index (χ3n) is 1.38. The Hall–Kier alpha value is -0.670. The van der Waals surface area contributed by atoms with Crippen LogP contribution in [0.15, 0.2) is 0 Å². The molecule has 82 valence electrons. The molecule has 0 spiro atoms. The van der Waals surface area contributed by atoms with E-state index in [-0.39, 0.29) is 18.7 Å². The molecule has 5 nitrogen and oxygen atoms in total. The first-order chi connectivity index (χ1) is 6.47. The van der Waals surface area contributed by atoms with Crippen LogP contribution in [0.4, 0.5) is 0 Å². The van der Waals surface area contributed by atoms with Crippen LogP contribution in [0.2, 0.25) is 0 Å². The van der Waals surface area contributed by atoms with Crippen LogP contribution >= 0.6 is 7.80 Å². The molecule has 0 rings (SSSR count). The molecule has 0 aromatic rings. The summed E-state index contributed by atoms with van der Waals surface area (Å²) < 4.78 is 15.4. The molecule has 1 unspecified atom stereocenters. The molecule has 0 radical (unpaired) electrons. The van der Waals surface area contributed by atoms with Crippen molar-refractivity contribution >= 4 is 19.6 Å². The van der Waals surface area contributed by atoms with Crippen LogP contribution in [0.3, 0.4) is 0 Å². The average molecular weight is 222 g/mol. The van der Waals surface area contributed by atoms with Gasteiger partial charge in [-0.05, 0) is 13.8 Å². The molecule has 1 N–H and O–H groups in total. The number of carbonyl (C=O) groups is 2. The van der Waals surface area contributed by atoms with Crippen molar-refractivity contribution in [1.82, 2.24) is 0 Å². The number of hydrogen-bond acceptors (Lipinski definition) is 5. The minimum Gasteiger partial charge on any atom is -0.457 e. The molecule has 0 saturated heterocycles. The number of ether oxygens (including phenoxy) is 1. The standard InChI is InChI=1S/C8H15O5P/c1-6(2)13-8(11)7(10)3-4-14(12)5-9/h6,9,14H,3-5H2,1-2H3. The average Bonchev–Trinajstić information content (AvgIpc) is 2.12. The predicted molar refractivity (Wildman–Crippen MR) is 51.8 cm³/mol. The van der Waals surface area contributed by atoms with Gasteiger partial charge >= 0.3 is 5.97 Å². The Labute approximate surface area is 83.2 Å². The Balaban J connectivity index is 3.85. The lowest BCUT2D eigenvalue weighted by atomic mass is 10.3. The summed E-state index contributed by atoms with van der Waals surface area (Å²) in [5, 5.41) is 8.44. The second kappa shape index (κ2) is 6.74. The SMILES string of the molecule is CC(C)OC(=O)C(=O)CC[PH](=O)CO. The van der Waals surface area contributed by atoms with Gasteiger partial charge in [-0.2, -0.15) is 0 Å². The quantitative estimate of drug-likeness (QED) is 0.400. The van der Waals surface area contributed by atoms with E-state index in [2.05, 4.69) is 4.74 Å². The monoisotopic (exact) mass is 222 g/mol. The molecule has 14 heavy (non-hydrogen) atoms. The van der Waals surface area contributed by atoms with Gasteiger partial charge in [-0.1, -0.05) is 0 Å². The minimum absolute atomic E-state index is 0.0627. The third kappa shape index (κ3) is 5.89. The summed E-state index contributed by atoms with van der Waals surface area (Å²) in [5.74, 6) is -1.58. The Morgan fingerprint density at radius 1 is 1.43 bits per heavy atom. The maximum Gasteiger partial charge on any atom is 0.374 e. The van der Waals surface area contributed by atoms with Gasteiger partial charge in [-0.3, -0.25) is 4.79 Å². The van der Waals surface area contributed by atoms with Crippen LogP contribution in [-0.4, -0.2) is 35.5 Å². The summed E-state index contributed by atoms with van der Waals surface area (Å²) in [6, 6.07) is 0. The lowest BCUT2D eigenvalue weighted by Gasteiger charge is -2.06. The Morgan fingerprint density at radius 2 is 2.00 bits per heavy atom. The summed E-state index contributed by atoms with van der Waals surface area (Å²) in [6.45, 7) is 3.28. The number of ketones is 1. The number of esters is 1. The molecular formula is C8H15O5P. The number of carbonyl (C=O) groups excluding carboxylic acids is 2. The van der Waals surface area contributed by atoms with Gasteiger partial charge in [-0.15, -0.1) is 0 Å². The van der Waals surface area contributed by atoms with E-state index in [9.17, 15) is 14.2 Å². The number of rotatable bonds is 6. The lowest BCUT2D eigenvalue weighted by molar-refractivity contribution is -0.156. The fourth-order valence-corrected chi connectivity index (χ4v) is 1.38. The first kappa shape index (κ1) is 13.3. The zero-order chi connectivity index (χ0) is 11.1. The Bertz CT molecular complexity index is 236. The Morgan fingerprint density at radius 3 is 2.43 bits per heavy atom. The van der Waals surface area contributed by atoms with E-state index in [0.29, 0.717) is 0 Å². The van der Waals surface area contributed by atoms with Gasteiger partial charge in [-0.25, -0.2) is 4.79 Å². The first-order valence-corrected chi connectivity index (χ1v) is 6.16. The molecule has 0 saturated carbocycles. The highest BCUT2D eigenvalue weighted by Crippen LogP contribution is 2.18. The highest BCUT2D eigenvalue weighted by Gasteiger charge is 2.17. The number of aliphatic hydroxyl groups is 1. The molecular weight excluding hydrogens is 207 g/mol. The molecule has 0 aromatic carbocycles. The molecule has 0 amide bonds. The van der Waals surface area contributed by atoms with Crippen molar-refractivity contribution in [3.63, 3.8) is 0 Å². The molecule has 1 atom stereocenters. The van der Waals surface area contributed by atoms with E-state index in [1.807, 2.05) is 0 Å². The summed E-state index contributed by atoms with van der Waals surface area (Å²) >= 11 is 0. The molecule has 0 aliphatic heterocycles. The van der Waals surface area contributed by atoms with E-state index in [1.54, 1.807) is 13.8 Å². The van der Waals surface area contributed by atoms with Crippen molar-refractivity contribution in [2.24, 2.45) is 0 Å². The van der Waals surface area contributed by atoms with Crippen LogP contribution in [0, 0.1) is 0 Å². The second-order valence-electron chi connectivity index (χ2n) is 3.07. The van der Waals surface area contributed by atoms with Gasteiger partial charge in [0, 0.05) is 12.6 Å². The number of Topliss-reactive ketones (excluding diaryl/α,β-unsaturated/α-hetero) is 1. The van der Waals surface area contributed by atoms with Gasteiger partial charge in [0.25, 0.3) is 0 Å². The zero-order valence-electron chi connectivity index (χ0n) is 8.28. The van der Waals surface area contributed by atoms with Crippen LogP contribution in [0.5, 0.6) is 0 Å². The molecule has 0 bridgehead atoms. The number of aliphatic hydroxyl groups excluding tert-OH is 1. The van der Waals surface area contributed by atoms with E-state index >= 15 is 0 Å². The van der Waals surface area contributed by atoms with Crippen LogP contribution in [0.25, 0.3) is 0 Å². The number of hydrogen-bond donors (Lipinski definition) is 1. The second-order valence-corrected chi connectivity index (χ2v) is 4.97. The molecule has 0 aromatic heterocycles. The summed E-state index contributed by atoms with van der Waals surface area (Å²) in [4.78, 5) is 21.9. The van der Waals surface area contributed by atoms with Gasteiger partial charge in [0.1, 0.15) is 7.80 Å². The fraction of sp³-hybridized carbons (Fsp3) is 0.750. The molecule has 0 aliphatic rings. The maximum atomic E-state index is 11.0. The largest absolute Gasteiger partial charge is 0.457 e. The highest BCUT2D eigenvalue weighted by atomic mass is 31.1. The molecule has 0 fully saturated rings. The van der Waals surface area contributed by atoms with Crippen LogP contribution in [-0.2, 0) is 18.9 Å². The lowest BCUT2D eigenvalue weighted by Crippen LogP contribution is -2.21. The normalized spacial score (nSPS) is 12.6. The van der Waals surface area contributed by atoms with E-state index < -0.39 is 25.9 Å². The van der Waals surface area contributed by atoms with Crippen molar-refractivity contribution in [1.29, 1.82) is 0 Å². The smallest absolute Gasteiger partial charge is 0.374 e. The highest BCUT2D eigenvalue weighted by molar-refractivity contribution is 7.44. The zero-order valence-corrected chi connectivity index (χ0v) is 9.28.